The summed E-state index contributed by atoms with van der Waals surface area (Å²) >= 11 is 0. The Morgan fingerprint density at radius 3 is 1.96 bits per heavy atom. The lowest BCUT2D eigenvalue weighted by atomic mass is 9.94. The zero-order valence-corrected chi connectivity index (χ0v) is 28.3. The van der Waals surface area contributed by atoms with Crippen molar-refractivity contribution >= 4 is 23.5 Å². The molecule has 12 heteroatoms. The van der Waals surface area contributed by atoms with E-state index in [0.717, 1.165) is 0 Å². The van der Waals surface area contributed by atoms with Crippen LogP contribution in [0.25, 0.3) is 22.4 Å². The Morgan fingerprint density at radius 1 is 0.788 bits per heavy atom. The number of hydrogen-bond acceptors (Lipinski definition) is 5. The Bertz CT molecular complexity index is 2030. The number of halogens is 4. The Hall–Kier alpha value is -5.75. The molecule has 0 aliphatic rings. The van der Waals surface area contributed by atoms with Crippen LogP contribution in [-0.4, -0.2) is 44.8 Å². The topological polar surface area (TPSA) is 118 Å². The number of aliphatic carboxylic acids is 1. The van der Waals surface area contributed by atoms with Crippen molar-refractivity contribution in [1.82, 2.24) is 4.57 Å². The Kier molecular flexibility index (Phi) is 11.9. The molecule has 1 amide bonds. The number of anilines is 1. The lowest BCUT2D eigenvalue weighted by Crippen LogP contribution is -2.28. The number of amides is 1. The minimum atomic E-state index is -1.55. The van der Waals surface area contributed by atoms with Crippen molar-refractivity contribution in [3.8, 4) is 22.4 Å². The zero-order valence-electron chi connectivity index (χ0n) is 28.3. The molecule has 1 aromatic heterocycles. The molecule has 0 bridgehead atoms. The summed E-state index contributed by atoms with van der Waals surface area (Å²) in [5.41, 5.74) is 2.75. The highest BCUT2D eigenvalue weighted by Gasteiger charge is 2.32. The van der Waals surface area contributed by atoms with Gasteiger partial charge in [0.1, 0.15) is 34.9 Å². The first-order valence-corrected chi connectivity index (χ1v) is 16.5. The maximum absolute atomic E-state index is 14.3. The number of carbonyl (C=O) groups excluding carboxylic acids is 2. The van der Waals surface area contributed by atoms with Gasteiger partial charge in [-0.05, 0) is 59.9 Å². The van der Waals surface area contributed by atoms with Crippen LogP contribution in [0.2, 0.25) is 0 Å². The third-order valence-corrected chi connectivity index (χ3v) is 8.40. The van der Waals surface area contributed by atoms with E-state index in [1.165, 1.54) is 12.1 Å². The highest BCUT2D eigenvalue weighted by Crippen LogP contribution is 2.42. The molecule has 1 heterocycles. The second-order valence-corrected chi connectivity index (χ2v) is 12.5. The molecule has 0 saturated heterocycles. The summed E-state index contributed by atoms with van der Waals surface area (Å²) in [5, 5.41) is 23.7. The molecule has 3 N–H and O–H groups in total. The molecule has 0 fully saturated rings. The summed E-state index contributed by atoms with van der Waals surface area (Å²) in [7, 11) is 0. The molecule has 270 valence electrons. The van der Waals surface area contributed by atoms with Gasteiger partial charge in [-0.1, -0.05) is 62.4 Å². The number of carbonyl (C=O) groups is 3. The van der Waals surface area contributed by atoms with Gasteiger partial charge >= 0.3 is 11.9 Å². The van der Waals surface area contributed by atoms with Crippen LogP contribution in [0.15, 0.2) is 97.1 Å². The van der Waals surface area contributed by atoms with Gasteiger partial charge in [0.25, 0.3) is 5.91 Å². The number of aliphatic hydroxyl groups is 1. The molecule has 0 aliphatic heterocycles. The summed E-state index contributed by atoms with van der Waals surface area (Å²) in [6, 6.07) is 24.4. The third kappa shape index (κ3) is 8.75. The van der Waals surface area contributed by atoms with Crippen molar-refractivity contribution in [2.24, 2.45) is 0 Å². The van der Waals surface area contributed by atoms with Crippen LogP contribution in [0, 0.1) is 23.3 Å². The van der Waals surface area contributed by atoms with Gasteiger partial charge in [-0.15, -0.1) is 0 Å². The van der Waals surface area contributed by atoms with Crippen LogP contribution in [0.4, 0.5) is 23.2 Å². The zero-order chi connectivity index (χ0) is 37.5. The molecule has 8 nitrogen and oxygen atoms in total. The maximum atomic E-state index is 14.3. The van der Waals surface area contributed by atoms with Crippen molar-refractivity contribution in [2.45, 2.75) is 57.8 Å². The number of aliphatic hydroxyl groups excluding tert-OH is 1. The van der Waals surface area contributed by atoms with Gasteiger partial charge in [0.15, 0.2) is 0 Å². The molecule has 0 aliphatic carbocycles. The predicted octanol–water partition coefficient (Wildman–Crippen LogP) is 8.60. The Labute approximate surface area is 297 Å². The van der Waals surface area contributed by atoms with E-state index in [1.807, 2.05) is 54.8 Å². The van der Waals surface area contributed by atoms with Crippen molar-refractivity contribution in [3.63, 3.8) is 0 Å². The minimum absolute atomic E-state index is 0.0521. The van der Waals surface area contributed by atoms with Crippen molar-refractivity contribution in [1.29, 1.82) is 0 Å². The second-order valence-electron chi connectivity index (χ2n) is 12.5. The number of rotatable bonds is 14. The fourth-order valence-electron chi connectivity index (χ4n) is 6.22. The highest BCUT2D eigenvalue weighted by molar-refractivity contribution is 6.12. The first-order valence-electron chi connectivity index (χ1n) is 16.5. The lowest BCUT2D eigenvalue weighted by molar-refractivity contribution is -0.139. The Morgan fingerprint density at radius 2 is 1.38 bits per heavy atom. The van der Waals surface area contributed by atoms with E-state index in [9.17, 15) is 42.2 Å². The largest absolute Gasteiger partial charge is 0.481 e. The van der Waals surface area contributed by atoms with Crippen molar-refractivity contribution < 1.29 is 46.9 Å². The quantitative estimate of drug-likeness (QED) is 0.0783. The average molecular weight is 717 g/mol. The number of nitrogens with one attached hydrogen (secondary N) is 1. The van der Waals surface area contributed by atoms with Gasteiger partial charge in [-0.25, -0.2) is 22.4 Å². The third-order valence-electron chi connectivity index (χ3n) is 8.40. The van der Waals surface area contributed by atoms with Crippen LogP contribution in [-0.2, 0) is 16.1 Å². The molecule has 2 atom stereocenters. The van der Waals surface area contributed by atoms with Crippen LogP contribution in [0.1, 0.15) is 65.4 Å². The van der Waals surface area contributed by atoms with Gasteiger partial charge in [0.05, 0.1) is 23.8 Å². The van der Waals surface area contributed by atoms with Crippen LogP contribution in [0.5, 0.6) is 0 Å². The number of benzene rings is 4. The SMILES string of the molecule is CC(C)c1c(C(=O)Nc2ccccc2)c(-c2ccccc2)c(-c2ccc(F)cc2)n1CC[C@@H](O)C[C@H](CC(=O)O)OC(=O)c1c(F)cc(F)cc1F. The number of carboxylic acid groups (broad SMARTS) is 1. The van der Waals surface area contributed by atoms with Gasteiger partial charge in [0, 0.05) is 42.0 Å². The smallest absolute Gasteiger partial charge is 0.344 e. The number of ether oxygens (including phenoxy) is 1. The standard InChI is InChI=1S/C40H36F4N2O6/c1-23(2)37-36(39(50)45-28-11-7-4-8-12-28)34(24-9-5-3-6-10-24)38(25-13-15-26(41)16-14-25)46(37)18-17-29(47)21-30(22-33(48)49)52-40(51)35-31(43)19-27(42)20-32(35)44/h3-16,19-20,23,29-30,47H,17-18,21-22H2,1-2H3,(H,45,50)(H,48,49)/t29-,30-/m1/s1. The average Bonchev–Trinajstić information content (AvgIpc) is 3.43. The molecular formula is C40H36F4N2O6. The number of esters is 1. The summed E-state index contributed by atoms with van der Waals surface area (Å²) in [5.74, 6) is -8.40. The molecular weight excluding hydrogens is 680 g/mol. The number of para-hydroxylation sites is 1. The molecule has 0 unspecified atom stereocenters. The monoisotopic (exact) mass is 716 g/mol. The molecule has 5 aromatic rings. The van der Waals surface area contributed by atoms with Crippen LogP contribution >= 0.6 is 0 Å². The number of nitrogens with zero attached hydrogens (tertiary/aromatic N) is 1. The molecule has 52 heavy (non-hydrogen) atoms. The van der Waals surface area contributed by atoms with Crippen molar-refractivity contribution in [2.75, 3.05) is 5.32 Å². The molecule has 0 saturated carbocycles. The first-order chi connectivity index (χ1) is 24.8. The summed E-state index contributed by atoms with van der Waals surface area (Å²) in [4.78, 5) is 38.6. The summed E-state index contributed by atoms with van der Waals surface area (Å²) < 4.78 is 63.2. The van der Waals surface area contributed by atoms with E-state index in [1.54, 1.807) is 36.4 Å². The number of hydrogen-bond donors (Lipinski definition) is 3. The van der Waals surface area contributed by atoms with Crippen molar-refractivity contribution in [3.05, 3.63) is 137 Å². The van der Waals surface area contributed by atoms with E-state index < -0.39 is 71.7 Å². The van der Waals surface area contributed by atoms with E-state index in [0.29, 0.717) is 51.5 Å². The van der Waals surface area contributed by atoms with Gasteiger partial charge in [0.2, 0.25) is 0 Å². The van der Waals surface area contributed by atoms with E-state index in [-0.39, 0.29) is 18.9 Å². The van der Waals surface area contributed by atoms with E-state index >= 15 is 0 Å². The number of carboxylic acids is 1. The second kappa shape index (κ2) is 16.5. The maximum Gasteiger partial charge on any atom is 0.344 e. The summed E-state index contributed by atoms with van der Waals surface area (Å²) in [6.07, 6.45) is -4.10. The molecule has 5 rings (SSSR count). The predicted molar refractivity (Wildman–Crippen MR) is 187 cm³/mol. The van der Waals surface area contributed by atoms with Crippen LogP contribution in [0.3, 0.4) is 0 Å². The van der Waals surface area contributed by atoms with E-state index in [4.69, 9.17) is 4.74 Å². The summed E-state index contributed by atoms with van der Waals surface area (Å²) in [6.45, 7) is 3.87. The van der Waals surface area contributed by atoms with Gasteiger partial charge in [-0.2, -0.15) is 0 Å². The highest BCUT2D eigenvalue weighted by atomic mass is 19.1. The fourth-order valence-corrected chi connectivity index (χ4v) is 6.22. The first kappa shape index (κ1) is 37.5. The van der Waals surface area contributed by atoms with Gasteiger partial charge < -0.3 is 24.8 Å². The minimum Gasteiger partial charge on any atom is -0.481 e. The lowest BCUT2D eigenvalue weighted by Gasteiger charge is -2.22. The van der Waals surface area contributed by atoms with Gasteiger partial charge in [-0.3, -0.25) is 9.59 Å². The normalized spacial score (nSPS) is 12.4. The Balaban J connectivity index is 1.54. The number of aromatic nitrogens is 1. The molecule has 4 aromatic carbocycles. The van der Waals surface area contributed by atoms with E-state index in [2.05, 4.69) is 5.32 Å². The fraction of sp³-hybridized carbons (Fsp3) is 0.225. The van der Waals surface area contributed by atoms with Crippen LogP contribution < -0.4 is 5.32 Å². The molecule has 0 spiro atoms. The molecule has 0 radical (unpaired) electrons.